The summed E-state index contributed by atoms with van der Waals surface area (Å²) in [7, 11) is 3.18. The minimum absolute atomic E-state index is 0.00490. The molecule has 2 unspecified atom stereocenters. The lowest BCUT2D eigenvalue weighted by Crippen LogP contribution is -2.21. The van der Waals surface area contributed by atoms with Crippen molar-refractivity contribution in [2.45, 2.75) is 20.4 Å². The molecule has 0 amide bonds. The maximum atomic E-state index is 6.13. The molecule has 0 saturated heterocycles. The van der Waals surface area contributed by atoms with Crippen LogP contribution in [0, 0.1) is 11.8 Å². The third-order valence-electron chi connectivity index (χ3n) is 5.05. The second-order valence-corrected chi connectivity index (χ2v) is 9.20. The molecule has 0 bridgehead atoms. The Morgan fingerprint density at radius 3 is 2.11 bits per heavy atom. The normalized spacial score (nSPS) is 15.5. The fourth-order valence-electron chi connectivity index (χ4n) is 3.18. The van der Waals surface area contributed by atoms with Crippen LogP contribution in [0.2, 0.25) is 0 Å². The smallest absolute Gasteiger partial charge is 0.189 e. The maximum absolute atomic E-state index is 6.13. The van der Waals surface area contributed by atoms with Gasteiger partial charge in [-0.2, -0.15) is 0 Å². The van der Waals surface area contributed by atoms with Gasteiger partial charge in [-0.3, -0.25) is 0 Å². The van der Waals surface area contributed by atoms with Gasteiger partial charge in [-0.1, -0.05) is 48.7 Å². The number of methoxy groups -OCH3 is 2. The Morgan fingerprint density at radius 2 is 1.56 bits per heavy atom. The van der Waals surface area contributed by atoms with Crippen LogP contribution in [0.4, 0.5) is 0 Å². The molecule has 0 aromatic heterocycles. The molecule has 0 radical (unpaired) electrons. The number of nitrogens with two attached hydrogens (primary N) is 4. The Labute approximate surface area is 228 Å². The quantitative estimate of drug-likeness (QED) is 0.0928. The highest BCUT2D eigenvalue weighted by Crippen LogP contribution is 2.25. The first-order valence-corrected chi connectivity index (χ1v) is 12.1. The molecule has 36 heavy (non-hydrogen) atoms. The molecule has 1 aromatic carbocycles. The lowest BCUT2D eigenvalue weighted by molar-refractivity contribution is 0.00513. The van der Waals surface area contributed by atoms with Gasteiger partial charge < -0.3 is 47.2 Å². The third kappa shape index (κ3) is 11.1. The van der Waals surface area contributed by atoms with E-state index in [-0.39, 0.29) is 34.1 Å². The number of rotatable bonds is 15. The standard InChI is InChI=1S/C24H36Cl3N5O4/c1-14(11-33-3)19(24(27)31)9-22(29)32-10-16-5-6-17(7-20(16)34-4)36-13-35-12-15(2)18(23(26)30)8-21(25)28/h5-9,14-15,32H,10-13,28-31H2,1-4H3/b21-8-,22-9+,23-18+,24-19+. The molecule has 9 nitrogen and oxygen atoms in total. The van der Waals surface area contributed by atoms with E-state index in [0.717, 1.165) is 5.56 Å². The van der Waals surface area contributed by atoms with Crippen LogP contribution in [-0.2, 0) is 16.0 Å². The molecule has 1 aromatic rings. The molecule has 1 rings (SSSR count). The highest BCUT2D eigenvalue weighted by atomic mass is 35.5. The summed E-state index contributed by atoms with van der Waals surface area (Å²) in [4.78, 5) is 0. The summed E-state index contributed by atoms with van der Waals surface area (Å²) in [6.07, 6.45) is 3.20. The van der Waals surface area contributed by atoms with E-state index in [4.69, 9.17) is 76.7 Å². The van der Waals surface area contributed by atoms with Gasteiger partial charge >= 0.3 is 0 Å². The van der Waals surface area contributed by atoms with Gasteiger partial charge in [0.05, 0.1) is 31.3 Å². The molecule has 202 valence electrons. The largest absolute Gasteiger partial charge is 0.496 e. The Balaban J connectivity index is 2.72. The maximum Gasteiger partial charge on any atom is 0.189 e. The zero-order chi connectivity index (χ0) is 27.3. The van der Waals surface area contributed by atoms with Gasteiger partial charge in [-0.25, -0.2) is 0 Å². The molecule has 0 aliphatic carbocycles. The zero-order valence-corrected chi connectivity index (χ0v) is 23.2. The predicted octanol–water partition coefficient (Wildman–Crippen LogP) is 3.71. The van der Waals surface area contributed by atoms with Crippen molar-refractivity contribution in [2.75, 3.05) is 34.2 Å². The van der Waals surface area contributed by atoms with Gasteiger partial charge in [0.1, 0.15) is 21.8 Å². The highest BCUT2D eigenvalue weighted by Gasteiger charge is 2.13. The molecule has 0 fully saturated rings. The molecule has 0 aliphatic heterocycles. The van der Waals surface area contributed by atoms with Gasteiger partial charge in [-0.15, -0.1) is 0 Å². The van der Waals surface area contributed by atoms with Crippen LogP contribution in [0.25, 0.3) is 0 Å². The van der Waals surface area contributed by atoms with Crippen LogP contribution in [-0.4, -0.2) is 34.2 Å². The van der Waals surface area contributed by atoms with Gasteiger partial charge in [0.25, 0.3) is 0 Å². The first kappa shape index (κ1) is 31.6. The van der Waals surface area contributed by atoms with E-state index in [1.54, 1.807) is 32.4 Å². The molecule has 0 aliphatic rings. The number of hydrogen-bond acceptors (Lipinski definition) is 9. The fourth-order valence-corrected chi connectivity index (χ4v) is 3.78. The first-order chi connectivity index (χ1) is 17.0. The zero-order valence-electron chi connectivity index (χ0n) is 20.9. The summed E-state index contributed by atoms with van der Waals surface area (Å²) >= 11 is 17.7. The van der Waals surface area contributed by atoms with Crippen molar-refractivity contribution in [2.24, 2.45) is 34.8 Å². The average molecular weight is 565 g/mol. The lowest BCUT2D eigenvalue weighted by atomic mass is 10.0. The van der Waals surface area contributed by atoms with Crippen molar-refractivity contribution < 1.29 is 18.9 Å². The van der Waals surface area contributed by atoms with Gasteiger partial charge in [0.15, 0.2) is 6.79 Å². The summed E-state index contributed by atoms with van der Waals surface area (Å²) < 4.78 is 21.9. The van der Waals surface area contributed by atoms with E-state index >= 15 is 0 Å². The van der Waals surface area contributed by atoms with Crippen molar-refractivity contribution in [1.82, 2.24) is 5.32 Å². The van der Waals surface area contributed by atoms with Crippen molar-refractivity contribution in [1.29, 1.82) is 0 Å². The van der Waals surface area contributed by atoms with Crippen molar-refractivity contribution in [3.05, 3.63) is 68.4 Å². The summed E-state index contributed by atoms with van der Waals surface area (Å²) in [5.74, 6) is 1.42. The van der Waals surface area contributed by atoms with E-state index in [0.29, 0.717) is 48.2 Å². The summed E-state index contributed by atoms with van der Waals surface area (Å²) in [6, 6.07) is 5.42. The van der Waals surface area contributed by atoms with Gasteiger partial charge in [-0.05, 0) is 35.4 Å². The molecule has 12 heteroatoms. The van der Waals surface area contributed by atoms with E-state index < -0.39 is 0 Å². The van der Waals surface area contributed by atoms with Gasteiger partial charge in [0, 0.05) is 37.1 Å². The summed E-state index contributed by atoms with van der Waals surface area (Å²) in [6.45, 7) is 4.98. The van der Waals surface area contributed by atoms with Crippen LogP contribution in [0.15, 0.2) is 62.8 Å². The molecule has 2 atom stereocenters. The average Bonchev–Trinajstić information content (AvgIpc) is 2.82. The van der Waals surface area contributed by atoms with Crippen LogP contribution in [0.5, 0.6) is 11.5 Å². The number of hydrogen-bond donors (Lipinski definition) is 5. The van der Waals surface area contributed by atoms with Crippen molar-refractivity contribution in [3.8, 4) is 11.5 Å². The minimum atomic E-state index is -0.146. The van der Waals surface area contributed by atoms with Crippen LogP contribution >= 0.6 is 34.8 Å². The fraction of sp³-hybridized carbons (Fsp3) is 0.417. The molecular weight excluding hydrogens is 529 g/mol. The van der Waals surface area contributed by atoms with Crippen molar-refractivity contribution >= 4 is 34.8 Å². The van der Waals surface area contributed by atoms with Crippen LogP contribution in [0.3, 0.4) is 0 Å². The Morgan fingerprint density at radius 1 is 0.944 bits per heavy atom. The number of ether oxygens (including phenoxy) is 4. The van der Waals surface area contributed by atoms with Gasteiger partial charge in [0.2, 0.25) is 0 Å². The van der Waals surface area contributed by atoms with Crippen molar-refractivity contribution in [3.63, 3.8) is 0 Å². The predicted molar refractivity (Wildman–Crippen MR) is 146 cm³/mol. The monoisotopic (exact) mass is 563 g/mol. The molecule has 0 heterocycles. The lowest BCUT2D eigenvalue weighted by Gasteiger charge is -2.16. The number of halogens is 3. The number of benzene rings is 1. The van der Waals surface area contributed by atoms with E-state index in [1.807, 2.05) is 19.9 Å². The minimum Gasteiger partial charge on any atom is -0.496 e. The second-order valence-electron chi connectivity index (χ2n) is 7.95. The number of nitrogens with one attached hydrogen (secondary N) is 1. The van der Waals surface area contributed by atoms with E-state index in [9.17, 15) is 0 Å². The topological polar surface area (TPSA) is 153 Å². The van der Waals surface area contributed by atoms with E-state index in [1.165, 1.54) is 6.08 Å². The molecule has 9 N–H and O–H groups in total. The molecule has 0 saturated carbocycles. The Hall–Kier alpha value is -2.43. The van der Waals surface area contributed by atoms with E-state index in [2.05, 4.69) is 5.32 Å². The number of allylic oxidation sites excluding steroid dienone is 2. The summed E-state index contributed by atoms with van der Waals surface area (Å²) in [5, 5.41) is 3.47. The molecule has 0 spiro atoms. The van der Waals surface area contributed by atoms with Crippen LogP contribution < -0.4 is 37.7 Å². The summed E-state index contributed by atoms with van der Waals surface area (Å²) in [5.41, 5.74) is 25.2. The second kappa shape index (κ2) is 16.3. The Bertz CT molecular complexity index is 970. The third-order valence-corrected chi connectivity index (χ3v) is 5.60. The SMILES string of the molecule is COCC(C)C(/C=C(\N)NCc1ccc(OCOCC(C)C(/C=C(\N)Cl)=C(/N)Cl)cc1OC)=C(/N)Cl. The first-order valence-electron chi connectivity index (χ1n) is 11.0. The molecular formula is C24H36Cl3N5O4. The van der Waals surface area contributed by atoms with Crippen LogP contribution in [0.1, 0.15) is 19.4 Å². The Kier molecular flexibility index (Phi) is 14.3. The highest BCUT2D eigenvalue weighted by molar-refractivity contribution is 6.31.